The smallest absolute Gasteiger partial charge is 0.344 e. The molecule has 1 aliphatic heterocycles. The molecule has 3 aromatic carbocycles. The summed E-state index contributed by atoms with van der Waals surface area (Å²) in [5.74, 6) is -5.49. The highest BCUT2D eigenvalue weighted by molar-refractivity contribution is 6.35. The lowest BCUT2D eigenvalue weighted by atomic mass is 9.89. The van der Waals surface area contributed by atoms with Crippen molar-refractivity contribution in [3.63, 3.8) is 0 Å². The Labute approximate surface area is 363 Å². The fourth-order valence-electron chi connectivity index (χ4n) is 7.30. The maximum Gasteiger partial charge on any atom is 0.344 e. The maximum atomic E-state index is 15.4. The number of rotatable bonds is 12. The first-order valence-electron chi connectivity index (χ1n) is 19.6. The number of carbonyl (C=O) groups excluding carboxylic acids is 4. The van der Waals surface area contributed by atoms with Gasteiger partial charge in [-0.15, -0.1) is 0 Å². The first kappa shape index (κ1) is 43.8. The molecule has 5 aromatic rings. The van der Waals surface area contributed by atoms with Gasteiger partial charge in [-0.3, -0.25) is 23.7 Å². The Morgan fingerprint density at radius 3 is 2.42 bits per heavy atom. The largest absolute Gasteiger partial charge is 0.463 e. The van der Waals surface area contributed by atoms with Crippen LogP contribution < -0.4 is 16.0 Å². The molecule has 0 spiro atoms. The molecule has 318 valence electrons. The highest BCUT2D eigenvalue weighted by Gasteiger charge is 2.40. The standard InChI is InChI=1S/C45H37Cl2FN4O10/c1-25-7-5-10-27(17-25)39(53)35-16-14-30(21-49)40(50-35)62-44(57)29-12-6-11-28(18-29)41(54)52-42(55)34(48)22-51(45(52)58)38-20-36(59-23-31-13-15-32(46)19-33(31)47)37(61-38)24-60-43(56)26-8-3-2-4-9-26/h5-7,10-19,22,26,36-38H,2-4,8-9,20,23-24H2,1H3/t36-,37+,38+/m0/s1. The number of benzene rings is 3. The van der Waals surface area contributed by atoms with Gasteiger partial charge in [-0.2, -0.15) is 14.2 Å². The van der Waals surface area contributed by atoms with Gasteiger partial charge >= 0.3 is 17.6 Å². The third-order valence-electron chi connectivity index (χ3n) is 10.6. The molecule has 2 aromatic heterocycles. The van der Waals surface area contributed by atoms with Gasteiger partial charge in [-0.1, -0.05) is 78.4 Å². The first-order chi connectivity index (χ1) is 29.8. The molecular weight excluding hydrogens is 846 g/mol. The molecule has 1 aliphatic carbocycles. The lowest BCUT2D eigenvalue weighted by molar-refractivity contribution is -0.157. The number of carbonyl (C=O) groups is 4. The van der Waals surface area contributed by atoms with E-state index in [0.717, 1.165) is 35.5 Å². The minimum absolute atomic E-state index is 0.0330. The fourth-order valence-corrected chi connectivity index (χ4v) is 7.76. The van der Waals surface area contributed by atoms with Gasteiger partial charge in [0.1, 0.15) is 36.3 Å². The monoisotopic (exact) mass is 882 g/mol. The van der Waals surface area contributed by atoms with Gasteiger partial charge in [0, 0.05) is 27.6 Å². The van der Waals surface area contributed by atoms with Crippen LogP contribution in [0.2, 0.25) is 10.0 Å². The third-order valence-corrected chi connectivity index (χ3v) is 11.2. The minimum atomic E-state index is -1.57. The van der Waals surface area contributed by atoms with E-state index >= 15 is 4.39 Å². The quantitative estimate of drug-likeness (QED) is 0.0911. The Hall–Kier alpha value is -6.31. The Morgan fingerprint density at radius 1 is 0.935 bits per heavy atom. The highest BCUT2D eigenvalue weighted by Crippen LogP contribution is 2.33. The van der Waals surface area contributed by atoms with Crippen molar-refractivity contribution in [2.75, 3.05) is 6.61 Å². The number of aromatic nitrogens is 3. The summed E-state index contributed by atoms with van der Waals surface area (Å²) in [4.78, 5) is 84.6. The first-order valence-corrected chi connectivity index (χ1v) is 20.4. The zero-order valence-electron chi connectivity index (χ0n) is 33.1. The van der Waals surface area contributed by atoms with E-state index in [9.17, 15) is 34.0 Å². The molecule has 14 nitrogen and oxygen atoms in total. The van der Waals surface area contributed by atoms with Crippen LogP contribution in [0.25, 0.3) is 0 Å². The molecule has 1 saturated carbocycles. The number of pyridine rings is 1. The van der Waals surface area contributed by atoms with E-state index in [4.69, 9.17) is 42.1 Å². The van der Waals surface area contributed by atoms with Gasteiger partial charge in [0.2, 0.25) is 17.5 Å². The van der Waals surface area contributed by atoms with Gasteiger partial charge in [0.25, 0.3) is 11.5 Å². The molecule has 2 aliphatic rings. The summed E-state index contributed by atoms with van der Waals surface area (Å²) >= 11 is 12.4. The summed E-state index contributed by atoms with van der Waals surface area (Å²) in [6.45, 7) is 1.51. The van der Waals surface area contributed by atoms with Crippen molar-refractivity contribution in [2.45, 2.75) is 70.5 Å². The van der Waals surface area contributed by atoms with E-state index < -0.39 is 65.0 Å². The molecular formula is C45H37Cl2FN4O10. The number of nitrogens with zero attached hydrogens (tertiary/aromatic N) is 4. The van der Waals surface area contributed by atoms with E-state index in [1.165, 1.54) is 36.4 Å². The average molecular weight is 884 g/mol. The molecule has 17 heteroatoms. The molecule has 1 saturated heterocycles. The summed E-state index contributed by atoms with van der Waals surface area (Å²) in [6.07, 6.45) is 1.67. The van der Waals surface area contributed by atoms with E-state index in [-0.39, 0.29) is 52.5 Å². The van der Waals surface area contributed by atoms with E-state index in [1.807, 2.05) is 19.1 Å². The molecule has 0 N–H and O–H groups in total. The topological polar surface area (TPSA) is 186 Å². The maximum absolute atomic E-state index is 15.4. The van der Waals surface area contributed by atoms with Crippen LogP contribution in [0.4, 0.5) is 4.39 Å². The zero-order valence-corrected chi connectivity index (χ0v) is 34.6. The van der Waals surface area contributed by atoms with Crippen LogP contribution in [-0.4, -0.2) is 56.6 Å². The molecule has 0 bridgehead atoms. The van der Waals surface area contributed by atoms with Gasteiger partial charge in [0.15, 0.2) is 0 Å². The van der Waals surface area contributed by atoms with Crippen molar-refractivity contribution in [3.8, 4) is 11.9 Å². The highest BCUT2D eigenvalue weighted by atomic mass is 35.5. The number of nitriles is 1. The average Bonchev–Trinajstić information content (AvgIpc) is 3.68. The Kier molecular flexibility index (Phi) is 13.5. The number of hydrogen-bond acceptors (Lipinski definition) is 12. The Bertz CT molecular complexity index is 2740. The van der Waals surface area contributed by atoms with Crippen molar-refractivity contribution < 1.29 is 42.5 Å². The van der Waals surface area contributed by atoms with Crippen LogP contribution in [0.5, 0.6) is 5.88 Å². The predicted molar refractivity (Wildman–Crippen MR) is 221 cm³/mol. The van der Waals surface area contributed by atoms with Crippen molar-refractivity contribution in [1.82, 2.24) is 14.1 Å². The van der Waals surface area contributed by atoms with Gasteiger partial charge < -0.3 is 18.9 Å². The summed E-state index contributed by atoms with van der Waals surface area (Å²) in [5, 5.41) is 10.4. The van der Waals surface area contributed by atoms with Crippen LogP contribution in [0.1, 0.15) is 98.2 Å². The Balaban J connectivity index is 1.12. The van der Waals surface area contributed by atoms with Crippen molar-refractivity contribution in [3.05, 3.63) is 161 Å². The lowest BCUT2D eigenvalue weighted by Gasteiger charge is -2.23. The molecule has 3 atom stereocenters. The fraction of sp³-hybridized carbons (Fsp3) is 0.289. The summed E-state index contributed by atoms with van der Waals surface area (Å²) in [6, 6.07) is 20.7. The summed E-state index contributed by atoms with van der Waals surface area (Å²) in [5.41, 5.74) is -2.04. The predicted octanol–water partition coefficient (Wildman–Crippen LogP) is 7.17. The molecule has 0 amide bonds. The number of halogens is 3. The van der Waals surface area contributed by atoms with Gasteiger partial charge in [-0.05, 0) is 73.9 Å². The SMILES string of the molecule is Cc1cccc(C(=O)c2ccc(C#N)c(OC(=O)c3cccc(C(=O)n4c(=O)c(F)cn([C@H]5C[C@H](OCc6ccc(Cl)cc6Cl)[C@@H](COC(=O)C6CCCCC6)O5)c4=O)c3)n2)c1. The summed E-state index contributed by atoms with van der Waals surface area (Å²) in [7, 11) is 0. The van der Waals surface area contributed by atoms with Gasteiger partial charge in [0.05, 0.1) is 30.4 Å². The van der Waals surface area contributed by atoms with Crippen LogP contribution in [0.3, 0.4) is 0 Å². The van der Waals surface area contributed by atoms with E-state index in [1.54, 1.807) is 30.3 Å². The van der Waals surface area contributed by atoms with E-state index in [2.05, 4.69) is 4.98 Å². The van der Waals surface area contributed by atoms with Crippen LogP contribution >= 0.6 is 23.2 Å². The second-order valence-electron chi connectivity index (χ2n) is 14.9. The number of esters is 2. The van der Waals surface area contributed by atoms with Crippen molar-refractivity contribution >= 4 is 46.8 Å². The number of aryl methyl sites for hydroxylation is 1. The molecule has 3 heterocycles. The number of ether oxygens (including phenoxy) is 4. The second kappa shape index (κ2) is 19.2. The van der Waals surface area contributed by atoms with Crippen LogP contribution in [0.15, 0.2) is 94.6 Å². The molecule has 7 rings (SSSR count). The molecule has 0 unspecified atom stereocenters. The lowest BCUT2D eigenvalue weighted by Crippen LogP contribution is -2.46. The molecule has 2 fully saturated rings. The molecule has 0 radical (unpaired) electrons. The zero-order chi connectivity index (χ0) is 44.1. The van der Waals surface area contributed by atoms with Gasteiger partial charge in [-0.25, -0.2) is 14.6 Å². The summed E-state index contributed by atoms with van der Waals surface area (Å²) < 4.78 is 39.6. The van der Waals surface area contributed by atoms with Crippen molar-refractivity contribution in [1.29, 1.82) is 5.26 Å². The van der Waals surface area contributed by atoms with Crippen LogP contribution in [0, 0.1) is 30.0 Å². The molecule has 62 heavy (non-hydrogen) atoms. The third kappa shape index (κ3) is 9.74. The second-order valence-corrected chi connectivity index (χ2v) is 15.7. The number of hydrogen-bond donors (Lipinski definition) is 0. The van der Waals surface area contributed by atoms with Crippen LogP contribution in [-0.2, 0) is 25.6 Å². The Morgan fingerprint density at radius 2 is 1.68 bits per heavy atom. The van der Waals surface area contributed by atoms with Crippen molar-refractivity contribution in [2.24, 2.45) is 5.92 Å². The minimum Gasteiger partial charge on any atom is -0.463 e. The normalized spacial score (nSPS) is 17.6. The van der Waals surface area contributed by atoms with E-state index in [0.29, 0.717) is 40.2 Å². The number of ketones is 1.